The lowest BCUT2D eigenvalue weighted by molar-refractivity contribution is -0.145. The van der Waals surface area contributed by atoms with Gasteiger partial charge < -0.3 is 9.84 Å². The second-order valence-electron chi connectivity index (χ2n) is 6.74. The van der Waals surface area contributed by atoms with Crippen LogP contribution in [0.3, 0.4) is 0 Å². The molecule has 112 valence electrons. The fourth-order valence-electron chi connectivity index (χ4n) is 4.50. The van der Waals surface area contributed by atoms with Gasteiger partial charge in [0.2, 0.25) is 0 Å². The van der Waals surface area contributed by atoms with Crippen LogP contribution in [-0.2, 0) is 4.74 Å². The number of ether oxygens (including phenoxy) is 1. The SMILES string of the molecule is CCC1CCCCC1C(O)C1(OC)CCCCCC1. The van der Waals surface area contributed by atoms with Crippen LogP contribution in [0.15, 0.2) is 0 Å². The molecule has 0 aromatic carbocycles. The Bertz CT molecular complexity index is 256. The minimum absolute atomic E-state index is 0.244. The third-order valence-corrected chi connectivity index (χ3v) is 5.79. The van der Waals surface area contributed by atoms with Crippen LogP contribution in [-0.4, -0.2) is 23.9 Å². The smallest absolute Gasteiger partial charge is 0.0939 e. The Morgan fingerprint density at radius 1 is 1.05 bits per heavy atom. The van der Waals surface area contributed by atoms with Crippen molar-refractivity contribution >= 4 is 0 Å². The molecular weight excluding hydrogens is 236 g/mol. The Morgan fingerprint density at radius 3 is 2.26 bits per heavy atom. The van der Waals surface area contributed by atoms with Crippen LogP contribution < -0.4 is 0 Å². The van der Waals surface area contributed by atoms with Gasteiger partial charge in [-0.2, -0.15) is 0 Å². The first-order valence-corrected chi connectivity index (χ1v) is 8.46. The quantitative estimate of drug-likeness (QED) is 0.770. The standard InChI is InChI=1S/C17H32O2/c1-3-14-10-6-7-11-15(14)16(18)17(19-2)12-8-4-5-9-13-17/h14-16,18H,3-13H2,1-2H3. The van der Waals surface area contributed by atoms with Crippen molar-refractivity contribution in [1.82, 2.24) is 0 Å². The van der Waals surface area contributed by atoms with Crippen LogP contribution in [0.25, 0.3) is 0 Å². The van der Waals surface area contributed by atoms with Crippen molar-refractivity contribution < 1.29 is 9.84 Å². The number of hydrogen-bond donors (Lipinski definition) is 1. The number of rotatable bonds is 4. The first-order chi connectivity index (χ1) is 9.23. The predicted octanol–water partition coefficient (Wildman–Crippen LogP) is 4.30. The lowest BCUT2D eigenvalue weighted by Crippen LogP contribution is -2.50. The van der Waals surface area contributed by atoms with Crippen molar-refractivity contribution in [2.75, 3.05) is 7.11 Å². The molecule has 2 saturated carbocycles. The molecule has 2 aliphatic rings. The van der Waals surface area contributed by atoms with Gasteiger partial charge in [0.05, 0.1) is 11.7 Å². The van der Waals surface area contributed by atoms with E-state index in [-0.39, 0.29) is 11.7 Å². The first-order valence-electron chi connectivity index (χ1n) is 8.46. The molecule has 0 heterocycles. The molecule has 2 rings (SSSR count). The summed E-state index contributed by atoms with van der Waals surface area (Å²) in [4.78, 5) is 0. The molecule has 3 atom stereocenters. The predicted molar refractivity (Wildman–Crippen MR) is 79.2 cm³/mol. The molecule has 0 aliphatic heterocycles. The molecule has 19 heavy (non-hydrogen) atoms. The van der Waals surface area contributed by atoms with E-state index < -0.39 is 0 Å². The average molecular weight is 268 g/mol. The third kappa shape index (κ3) is 3.33. The minimum atomic E-state index is -0.249. The highest BCUT2D eigenvalue weighted by atomic mass is 16.5. The van der Waals surface area contributed by atoms with E-state index in [1.54, 1.807) is 0 Å². The fourth-order valence-corrected chi connectivity index (χ4v) is 4.50. The molecule has 0 amide bonds. The molecule has 2 heteroatoms. The van der Waals surface area contributed by atoms with Gasteiger partial charge in [-0.1, -0.05) is 58.3 Å². The largest absolute Gasteiger partial charge is 0.390 e. The molecule has 0 radical (unpaired) electrons. The molecule has 0 saturated heterocycles. The topological polar surface area (TPSA) is 29.5 Å². The molecular formula is C17H32O2. The Kier molecular flexibility index (Phi) is 5.70. The average Bonchev–Trinajstić information content (AvgIpc) is 2.72. The molecule has 2 fully saturated rings. The van der Waals surface area contributed by atoms with Gasteiger partial charge in [0, 0.05) is 7.11 Å². The van der Waals surface area contributed by atoms with Crippen molar-refractivity contribution in [3.05, 3.63) is 0 Å². The van der Waals surface area contributed by atoms with E-state index in [0.717, 1.165) is 12.8 Å². The van der Waals surface area contributed by atoms with Gasteiger partial charge >= 0.3 is 0 Å². The van der Waals surface area contributed by atoms with Crippen molar-refractivity contribution in [3.8, 4) is 0 Å². The minimum Gasteiger partial charge on any atom is -0.390 e. The number of hydrogen-bond acceptors (Lipinski definition) is 2. The molecule has 0 aromatic heterocycles. The summed E-state index contributed by atoms with van der Waals surface area (Å²) in [6.07, 6.45) is 13.3. The van der Waals surface area contributed by atoms with Gasteiger partial charge in [0.15, 0.2) is 0 Å². The van der Waals surface area contributed by atoms with E-state index in [0.29, 0.717) is 11.8 Å². The molecule has 0 bridgehead atoms. The molecule has 1 N–H and O–H groups in total. The van der Waals surface area contributed by atoms with E-state index in [4.69, 9.17) is 4.74 Å². The second kappa shape index (κ2) is 7.08. The summed E-state index contributed by atoms with van der Waals surface area (Å²) in [6.45, 7) is 2.28. The fraction of sp³-hybridized carbons (Fsp3) is 1.00. The Labute approximate surface area is 118 Å². The van der Waals surface area contributed by atoms with Gasteiger partial charge in [0.25, 0.3) is 0 Å². The highest BCUT2D eigenvalue weighted by molar-refractivity contribution is 4.96. The number of methoxy groups -OCH3 is 1. The normalized spacial score (nSPS) is 33.6. The van der Waals surface area contributed by atoms with Crippen LogP contribution in [0.2, 0.25) is 0 Å². The van der Waals surface area contributed by atoms with Crippen molar-refractivity contribution in [2.24, 2.45) is 11.8 Å². The van der Waals surface area contributed by atoms with Gasteiger partial charge in [-0.3, -0.25) is 0 Å². The zero-order valence-corrected chi connectivity index (χ0v) is 12.9. The summed E-state index contributed by atoms with van der Waals surface area (Å²) in [5.41, 5.74) is -0.244. The lowest BCUT2D eigenvalue weighted by Gasteiger charge is -2.44. The Hall–Kier alpha value is -0.0800. The van der Waals surface area contributed by atoms with Crippen LogP contribution in [0, 0.1) is 11.8 Å². The zero-order chi connectivity index (χ0) is 13.7. The summed E-state index contributed by atoms with van der Waals surface area (Å²) < 4.78 is 5.92. The van der Waals surface area contributed by atoms with E-state index in [1.807, 2.05) is 7.11 Å². The first kappa shape index (κ1) is 15.3. The summed E-state index contributed by atoms with van der Waals surface area (Å²) in [5, 5.41) is 11.1. The summed E-state index contributed by atoms with van der Waals surface area (Å²) in [5.74, 6) is 1.18. The number of aliphatic hydroxyl groups excluding tert-OH is 1. The van der Waals surface area contributed by atoms with Crippen molar-refractivity contribution in [3.63, 3.8) is 0 Å². The van der Waals surface area contributed by atoms with Gasteiger partial charge in [0.1, 0.15) is 0 Å². The van der Waals surface area contributed by atoms with Crippen molar-refractivity contribution in [2.45, 2.75) is 89.3 Å². The summed E-state index contributed by atoms with van der Waals surface area (Å²) in [7, 11) is 1.82. The summed E-state index contributed by atoms with van der Waals surface area (Å²) >= 11 is 0. The maximum absolute atomic E-state index is 11.1. The molecule has 3 unspecified atom stereocenters. The second-order valence-corrected chi connectivity index (χ2v) is 6.74. The highest BCUT2D eigenvalue weighted by Crippen LogP contribution is 2.42. The number of aliphatic hydroxyl groups is 1. The van der Waals surface area contributed by atoms with Crippen LogP contribution >= 0.6 is 0 Å². The Morgan fingerprint density at radius 2 is 1.68 bits per heavy atom. The highest BCUT2D eigenvalue weighted by Gasteiger charge is 2.44. The molecule has 0 aromatic rings. The van der Waals surface area contributed by atoms with E-state index in [1.165, 1.54) is 57.8 Å². The van der Waals surface area contributed by atoms with Gasteiger partial charge in [-0.15, -0.1) is 0 Å². The molecule has 2 nitrogen and oxygen atoms in total. The van der Waals surface area contributed by atoms with Crippen molar-refractivity contribution in [1.29, 1.82) is 0 Å². The van der Waals surface area contributed by atoms with E-state index in [2.05, 4.69) is 6.92 Å². The summed E-state index contributed by atoms with van der Waals surface area (Å²) in [6, 6.07) is 0. The Balaban J connectivity index is 2.11. The maximum atomic E-state index is 11.1. The molecule has 2 aliphatic carbocycles. The third-order valence-electron chi connectivity index (χ3n) is 5.79. The monoisotopic (exact) mass is 268 g/mol. The lowest BCUT2D eigenvalue weighted by atomic mass is 9.69. The van der Waals surface area contributed by atoms with E-state index in [9.17, 15) is 5.11 Å². The zero-order valence-electron chi connectivity index (χ0n) is 12.9. The van der Waals surface area contributed by atoms with Crippen LogP contribution in [0.4, 0.5) is 0 Å². The van der Waals surface area contributed by atoms with Gasteiger partial charge in [-0.25, -0.2) is 0 Å². The van der Waals surface area contributed by atoms with Gasteiger partial charge in [-0.05, 0) is 31.1 Å². The molecule has 0 spiro atoms. The maximum Gasteiger partial charge on any atom is 0.0939 e. The van der Waals surface area contributed by atoms with E-state index >= 15 is 0 Å². The van der Waals surface area contributed by atoms with Crippen LogP contribution in [0.1, 0.15) is 77.6 Å². The van der Waals surface area contributed by atoms with Crippen LogP contribution in [0.5, 0.6) is 0 Å².